The molecule has 7 heteroatoms. The lowest BCUT2D eigenvalue weighted by molar-refractivity contribution is 0.0821. The summed E-state index contributed by atoms with van der Waals surface area (Å²) in [6.07, 6.45) is 4.62. The van der Waals surface area contributed by atoms with E-state index in [9.17, 15) is 9.18 Å². The summed E-state index contributed by atoms with van der Waals surface area (Å²) in [5, 5.41) is 2.74. The monoisotopic (exact) mass is 367 g/mol. The predicted octanol–water partition coefficient (Wildman–Crippen LogP) is 2.58. The van der Waals surface area contributed by atoms with Crippen molar-refractivity contribution in [3.8, 4) is 5.88 Å². The van der Waals surface area contributed by atoms with Gasteiger partial charge in [-0.25, -0.2) is 9.37 Å². The molecule has 144 valence electrons. The van der Waals surface area contributed by atoms with Gasteiger partial charge in [-0.05, 0) is 50.7 Å². The van der Waals surface area contributed by atoms with E-state index in [1.165, 1.54) is 12.8 Å². The van der Waals surface area contributed by atoms with Gasteiger partial charge >= 0.3 is 0 Å². The Balaban J connectivity index is 1.61. The number of nitrogens with zero attached hydrogens (tertiary/aromatic N) is 2. The number of pyridine rings is 1. The van der Waals surface area contributed by atoms with E-state index in [1.807, 2.05) is 6.07 Å². The molecule has 0 radical (unpaired) electrons. The molecule has 0 bridgehead atoms. The number of rotatable bonds is 10. The number of nitrogens with one attached hydrogen (secondary N) is 1. The maximum atomic E-state index is 12.8. The SMILES string of the molecule is [2H]C([2H])(F)COC[C@H](C)NC(=O)c1ccc(N2CCCC2)c(OCC2CC2)n1. The molecule has 2 aliphatic rings. The molecule has 1 saturated heterocycles. The highest BCUT2D eigenvalue weighted by Crippen LogP contribution is 2.33. The third kappa shape index (κ3) is 5.30. The van der Waals surface area contributed by atoms with Crippen LogP contribution in [0.25, 0.3) is 0 Å². The average molecular weight is 367 g/mol. The third-order valence-corrected chi connectivity index (χ3v) is 4.57. The maximum Gasteiger partial charge on any atom is 0.270 e. The van der Waals surface area contributed by atoms with Gasteiger partial charge in [0.2, 0.25) is 5.88 Å². The van der Waals surface area contributed by atoms with E-state index in [-0.39, 0.29) is 18.2 Å². The fourth-order valence-corrected chi connectivity index (χ4v) is 2.96. The van der Waals surface area contributed by atoms with Gasteiger partial charge in [0.15, 0.2) is 0 Å². The first-order valence-electron chi connectivity index (χ1n) is 10.3. The minimum absolute atomic E-state index is 0.00602. The van der Waals surface area contributed by atoms with Crippen molar-refractivity contribution in [3.63, 3.8) is 0 Å². The lowest BCUT2D eigenvalue weighted by Crippen LogP contribution is -2.36. The topological polar surface area (TPSA) is 63.7 Å². The molecule has 1 aliphatic heterocycles. The first kappa shape index (κ1) is 16.3. The molecule has 6 nitrogen and oxygen atoms in total. The Morgan fingerprint density at radius 1 is 1.46 bits per heavy atom. The summed E-state index contributed by atoms with van der Waals surface area (Å²) in [7, 11) is 0. The molecule has 2 heterocycles. The number of hydrogen-bond donors (Lipinski definition) is 1. The zero-order chi connectivity index (χ0) is 20.1. The molecule has 2 fully saturated rings. The highest BCUT2D eigenvalue weighted by Gasteiger charge is 2.25. The number of aromatic nitrogens is 1. The second-order valence-corrected chi connectivity index (χ2v) is 6.99. The summed E-state index contributed by atoms with van der Waals surface area (Å²) in [4.78, 5) is 19.2. The quantitative estimate of drug-likeness (QED) is 0.689. The molecule has 1 aromatic heterocycles. The number of amides is 1. The maximum absolute atomic E-state index is 12.8. The summed E-state index contributed by atoms with van der Waals surface area (Å²) in [5.41, 5.74) is 1.18. The lowest BCUT2D eigenvalue weighted by Gasteiger charge is -2.21. The Morgan fingerprint density at radius 2 is 2.23 bits per heavy atom. The van der Waals surface area contributed by atoms with Crippen LogP contribution >= 0.6 is 0 Å². The Labute approximate surface area is 156 Å². The van der Waals surface area contributed by atoms with Crippen molar-refractivity contribution in [1.82, 2.24) is 10.3 Å². The van der Waals surface area contributed by atoms with Gasteiger partial charge in [-0.3, -0.25) is 4.79 Å². The van der Waals surface area contributed by atoms with Crippen molar-refractivity contribution in [3.05, 3.63) is 17.8 Å². The van der Waals surface area contributed by atoms with Crippen LogP contribution in [0.15, 0.2) is 12.1 Å². The second kappa shape index (κ2) is 9.16. The zero-order valence-electron chi connectivity index (χ0n) is 17.2. The smallest absolute Gasteiger partial charge is 0.270 e. The molecule has 1 saturated carbocycles. The molecule has 26 heavy (non-hydrogen) atoms. The van der Waals surface area contributed by atoms with Gasteiger partial charge in [-0.15, -0.1) is 0 Å². The number of hydrogen-bond acceptors (Lipinski definition) is 5. The van der Waals surface area contributed by atoms with E-state index < -0.39 is 19.3 Å². The normalized spacial score (nSPS) is 19.7. The zero-order valence-corrected chi connectivity index (χ0v) is 15.2. The van der Waals surface area contributed by atoms with Crippen molar-refractivity contribution in [2.75, 3.05) is 44.4 Å². The fraction of sp³-hybridized carbons (Fsp3) is 0.684. The van der Waals surface area contributed by atoms with E-state index in [1.54, 1.807) is 13.0 Å². The van der Waals surface area contributed by atoms with Gasteiger partial charge in [-0.2, -0.15) is 0 Å². The summed E-state index contributed by atoms with van der Waals surface area (Å²) in [6, 6.07) is 3.15. The van der Waals surface area contributed by atoms with E-state index in [4.69, 9.17) is 12.2 Å². The number of halogens is 1. The predicted molar refractivity (Wildman–Crippen MR) is 97.6 cm³/mol. The number of alkyl halides is 1. The van der Waals surface area contributed by atoms with Gasteiger partial charge in [0.25, 0.3) is 5.91 Å². The van der Waals surface area contributed by atoms with Crippen LogP contribution in [-0.2, 0) is 4.74 Å². The molecular weight excluding hydrogens is 337 g/mol. The minimum atomic E-state index is -2.88. The Bertz CT molecular complexity index is 677. The standard InChI is InChI=1S/C19H28FN3O3/c1-14(12-25-11-8-20)21-18(24)16-6-7-17(23-9-2-3-10-23)19(22-16)26-13-15-4-5-15/h6-7,14-15H,2-5,8-13H2,1H3,(H,21,24)/t14-/m0/s1/i8D2. The molecule has 1 atom stereocenters. The fourth-order valence-electron chi connectivity index (χ4n) is 2.96. The third-order valence-electron chi connectivity index (χ3n) is 4.57. The number of ether oxygens (including phenoxy) is 2. The van der Waals surface area contributed by atoms with Crippen molar-refractivity contribution in [2.24, 2.45) is 5.92 Å². The van der Waals surface area contributed by atoms with E-state index in [0.29, 0.717) is 18.4 Å². The highest BCUT2D eigenvalue weighted by molar-refractivity contribution is 5.93. The molecule has 0 unspecified atom stereocenters. The summed E-state index contributed by atoms with van der Waals surface area (Å²) >= 11 is 0. The molecule has 1 N–H and O–H groups in total. The molecule has 1 amide bonds. The Morgan fingerprint density at radius 3 is 2.92 bits per heavy atom. The van der Waals surface area contributed by atoms with Gasteiger partial charge in [-0.1, -0.05) is 0 Å². The van der Waals surface area contributed by atoms with Crippen LogP contribution in [0.1, 0.15) is 45.8 Å². The van der Waals surface area contributed by atoms with Gasteiger partial charge < -0.3 is 19.7 Å². The van der Waals surface area contributed by atoms with Gasteiger partial charge in [0, 0.05) is 19.1 Å². The van der Waals surface area contributed by atoms with Crippen molar-refractivity contribution < 1.29 is 21.4 Å². The molecule has 1 aromatic rings. The van der Waals surface area contributed by atoms with Gasteiger partial charge in [0.05, 0.1) is 28.2 Å². The van der Waals surface area contributed by atoms with Crippen LogP contribution in [0.2, 0.25) is 0 Å². The lowest BCUT2D eigenvalue weighted by atomic mass is 10.2. The summed E-state index contributed by atoms with van der Waals surface area (Å²) in [6.45, 7) is 0.696. The first-order valence-corrected chi connectivity index (χ1v) is 9.28. The van der Waals surface area contributed by atoms with Crippen LogP contribution in [0.3, 0.4) is 0 Å². The summed E-state index contributed by atoms with van der Waals surface area (Å²) < 4.78 is 37.3. The number of carbonyl (C=O) groups excluding carboxylic acids is 1. The van der Waals surface area contributed by atoms with E-state index >= 15 is 0 Å². The van der Waals surface area contributed by atoms with Crippen molar-refractivity contribution in [1.29, 1.82) is 0 Å². The Hall–Kier alpha value is -1.89. The van der Waals surface area contributed by atoms with Crippen LogP contribution in [0.5, 0.6) is 5.88 Å². The summed E-state index contributed by atoms with van der Waals surface area (Å²) in [5.74, 6) is 0.708. The Kier molecular flexibility index (Phi) is 5.74. The van der Waals surface area contributed by atoms with Crippen LogP contribution in [0, 0.1) is 5.92 Å². The molecule has 0 aromatic carbocycles. The number of carbonyl (C=O) groups is 1. The minimum Gasteiger partial charge on any atom is -0.476 e. The molecule has 0 spiro atoms. The second-order valence-electron chi connectivity index (χ2n) is 6.99. The van der Waals surface area contributed by atoms with Crippen LogP contribution in [-0.4, -0.2) is 56.5 Å². The molecular formula is C19H28FN3O3. The largest absolute Gasteiger partial charge is 0.476 e. The number of anilines is 1. The molecule has 3 rings (SSSR count). The van der Waals surface area contributed by atoms with E-state index in [0.717, 1.165) is 31.6 Å². The first-order chi connectivity index (χ1) is 13.3. The van der Waals surface area contributed by atoms with Crippen LogP contribution < -0.4 is 15.0 Å². The molecule has 1 aliphatic carbocycles. The van der Waals surface area contributed by atoms with Crippen molar-refractivity contribution >= 4 is 11.6 Å². The van der Waals surface area contributed by atoms with Crippen LogP contribution in [0.4, 0.5) is 10.1 Å². The van der Waals surface area contributed by atoms with Gasteiger partial charge in [0.1, 0.15) is 12.3 Å². The van der Waals surface area contributed by atoms with E-state index in [2.05, 4.69) is 15.2 Å². The average Bonchev–Trinajstić information content (AvgIpc) is 3.30. The highest BCUT2D eigenvalue weighted by atomic mass is 19.1. The van der Waals surface area contributed by atoms with Crippen molar-refractivity contribution in [2.45, 2.75) is 38.6 Å².